The van der Waals surface area contributed by atoms with Crippen LogP contribution in [0, 0.1) is 12.8 Å². The minimum absolute atomic E-state index is 0.0492. The summed E-state index contributed by atoms with van der Waals surface area (Å²) in [6.07, 6.45) is 1.89. The molecule has 2 fully saturated rings. The van der Waals surface area contributed by atoms with Crippen LogP contribution in [0.15, 0.2) is 18.2 Å². The van der Waals surface area contributed by atoms with E-state index in [0.29, 0.717) is 25.4 Å². The van der Waals surface area contributed by atoms with E-state index in [1.54, 1.807) is 4.90 Å². The van der Waals surface area contributed by atoms with Crippen LogP contribution >= 0.6 is 0 Å². The molecule has 0 radical (unpaired) electrons. The molecule has 0 spiro atoms. The van der Waals surface area contributed by atoms with Crippen LogP contribution in [0.2, 0.25) is 0 Å². The van der Waals surface area contributed by atoms with Gasteiger partial charge >= 0.3 is 6.09 Å². The molecular weight excluding hydrogens is 404 g/mol. The van der Waals surface area contributed by atoms with E-state index in [1.165, 1.54) is 5.69 Å². The highest BCUT2D eigenvalue weighted by Crippen LogP contribution is 2.26. The van der Waals surface area contributed by atoms with Gasteiger partial charge in [0.05, 0.1) is 0 Å². The summed E-state index contributed by atoms with van der Waals surface area (Å²) >= 11 is 0. The number of piperidine rings is 1. The number of carbonyl (C=O) groups is 2. The second-order valence-corrected chi connectivity index (χ2v) is 10.1. The van der Waals surface area contributed by atoms with E-state index in [4.69, 9.17) is 4.74 Å². The number of rotatable bonds is 5. The minimum Gasteiger partial charge on any atom is -0.444 e. The number of nitrogens with one attached hydrogen (secondary N) is 1. The summed E-state index contributed by atoms with van der Waals surface area (Å²) in [7, 11) is 0. The van der Waals surface area contributed by atoms with Crippen molar-refractivity contribution in [2.75, 3.05) is 56.0 Å². The second kappa shape index (κ2) is 10.6. The molecule has 0 aromatic heterocycles. The molecule has 3 rings (SSSR count). The molecule has 7 nitrogen and oxygen atoms in total. The van der Waals surface area contributed by atoms with E-state index < -0.39 is 5.60 Å². The van der Waals surface area contributed by atoms with E-state index in [2.05, 4.69) is 41.1 Å². The lowest BCUT2D eigenvalue weighted by atomic mass is 9.93. The number of likely N-dealkylation sites (tertiary alicyclic amines) is 1. The maximum Gasteiger partial charge on any atom is 0.410 e. The molecule has 0 aliphatic carbocycles. The van der Waals surface area contributed by atoms with Crippen molar-refractivity contribution in [3.8, 4) is 0 Å². The molecule has 2 amide bonds. The van der Waals surface area contributed by atoms with Gasteiger partial charge in [-0.25, -0.2) is 4.79 Å². The Hall–Kier alpha value is -2.28. The molecule has 1 N–H and O–H groups in total. The first-order chi connectivity index (χ1) is 15.1. The molecule has 0 bridgehead atoms. The van der Waals surface area contributed by atoms with Crippen LogP contribution in [0.5, 0.6) is 0 Å². The zero-order valence-corrected chi connectivity index (χ0v) is 20.4. The summed E-state index contributed by atoms with van der Waals surface area (Å²) in [5.41, 5.74) is 2.72. The van der Waals surface area contributed by atoms with Crippen molar-refractivity contribution >= 4 is 23.4 Å². The first-order valence-electron chi connectivity index (χ1n) is 12.0. The molecule has 7 heteroatoms. The van der Waals surface area contributed by atoms with E-state index in [0.717, 1.165) is 56.8 Å². The summed E-state index contributed by atoms with van der Waals surface area (Å²) in [4.78, 5) is 31.5. The SMILES string of the molecule is CCN1CCN(c2ccc(NC(=O)CC3CCN(C(=O)OC(C)(C)C)CC3)c(C)c2)CC1. The third kappa shape index (κ3) is 6.86. The Morgan fingerprint density at radius 1 is 1.06 bits per heavy atom. The van der Waals surface area contributed by atoms with Gasteiger partial charge in [-0.2, -0.15) is 0 Å². The zero-order chi connectivity index (χ0) is 23.3. The standard InChI is InChI=1S/C25H40N4O3/c1-6-27-13-15-28(16-14-27)21-7-8-22(19(2)17-21)26-23(30)18-20-9-11-29(12-10-20)24(31)32-25(3,4)5/h7-8,17,20H,6,9-16,18H2,1-5H3,(H,26,30). The molecule has 0 saturated carbocycles. The molecule has 2 heterocycles. The van der Waals surface area contributed by atoms with Gasteiger partial charge in [-0.3, -0.25) is 4.79 Å². The maximum absolute atomic E-state index is 12.7. The number of anilines is 2. The Kier molecular flexibility index (Phi) is 8.04. The van der Waals surface area contributed by atoms with Gasteiger partial charge < -0.3 is 24.8 Å². The van der Waals surface area contributed by atoms with Crippen LogP contribution in [-0.2, 0) is 9.53 Å². The second-order valence-electron chi connectivity index (χ2n) is 10.1. The first-order valence-corrected chi connectivity index (χ1v) is 12.0. The van der Waals surface area contributed by atoms with Crippen molar-refractivity contribution in [2.45, 2.75) is 59.5 Å². The lowest BCUT2D eigenvalue weighted by Crippen LogP contribution is -2.46. The molecule has 0 atom stereocenters. The molecule has 178 valence electrons. The van der Waals surface area contributed by atoms with Crippen molar-refractivity contribution in [2.24, 2.45) is 5.92 Å². The van der Waals surface area contributed by atoms with Gasteiger partial charge in [0.15, 0.2) is 0 Å². The van der Waals surface area contributed by atoms with Gasteiger partial charge in [0.25, 0.3) is 0 Å². The Morgan fingerprint density at radius 2 is 1.72 bits per heavy atom. The molecule has 0 unspecified atom stereocenters. The number of benzene rings is 1. The van der Waals surface area contributed by atoms with Crippen molar-refractivity contribution in [1.82, 2.24) is 9.80 Å². The van der Waals surface area contributed by atoms with Gasteiger partial charge in [0.1, 0.15) is 5.60 Å². The molecular formula is C25H40N4O3. The number of carbonyl (C=O) groups excluding carboxylic acids is 2. The lowest BCUT2D eigenvalue weighted by molar-refractivity contribution is -0.117. The van der Waals surface area contributed by atoms with Crippen LogP contribution in [0.4, 0.5) is 16.2 Å². The number of hydrogen-bond acceptors (Lipinski definition) is 5. The van der Waals surface area contributed by atoms with E-state index in [-0.39, 0.29) is 12.0 Å². The predicted molar refractivity (Wildman–Crippen MR) is 129 cm³/mol. The number of amides is 2. The van der Waals surface area contributed by atoms with Crippen molar-refractivity contribution < 1.29 is 14.3 Å². The van der Waals surface area contributed by atoms with Gasteiger partial charge in [-0.05, 0) is 76.8 Å². The molecule has 2 aliphatic heterocycles. The third-order valence-electron chi connectivity index (χ3n) is 6.41. The van der Waals surface area contributed by atoms with Crippen LogP contribution in [0.3, 0.4) is 0 Å². The zero-order valence-electron chi connectivity index (χ0n) is 20.4. The number of aryl methyl sites for hydroxylation is 1. The van der Waals surface area contributed by atoms with E-state index >= 15 is 0 Å². The Morgan fingerprint density at radius 3 is 2.28 bits per heavy atom. The number of likely N-dealkylation sites (N-methyl/N-ethyl adjacent to an activating group) is 1. The maximum atomic E-state index is 12.7. The van der Waals surface area contributed by atoms with Crippen molar-refractivity contribution in [3.63, 3.8) is 0 Å². The highest BCUT2D eigenvalue weighted by Gasteiger charge is 2.28. The average molecular weight is 445 g/mol. The van der Waals surface area contributed by atoms with E-state index in [1.807, 2.05) is 26.8 Å². The van der Waals surface area contributed by atoms with Gasteiger partial charge in [-0.15, -0.1) is 0 Å². The Bertz CT molecular complexity index is 789. The summed E-state index contributed by atoms with van der Waals surface area (Å²) in [5.74, 6) is 0.344. The monoisotopic (exact) mass is 444 g/mol. The average Bonchev–Trinajstić information content (AvgIpc) is 2.74. The molecule has 2 saturated heterocycles. The third-order valence-corrected chi connectivity index (χ3v) is 6.41. The van der Waals surface area contributed by atoms with Crippen molar-refractivity contribution in [1.29, 1.82) is 0 Å². The van der Waals surface area contributed by atoms with Gasteiger partial charge in [-0.1, -0.05) is 6.92 Å². The van der Waals surface area contributed by atoms with E-state index in [9.17, 15) is 9.59 Å². The minimum atomic E-state index is -0.481. The first kappa shape index (κ1) is 24.4. The van der Waals surface area contributed by atoms with Crippen LogP contribution < -0.4 is 10.2 Å². The van der Waals surface area contributed by atoms with Crippen LogP contribution in [0.1, 0.15) is 52.5 Å². The predicted octanol–water partition coefficient (Wildman–Crippen LogP) is 4.11. The Labute approximate surface area is 193 Å². The fraction of sp³-hybridized carbons (Fsp3) is 0.680. The number of hydrogen-bond donors (Lipinski definition) is 1. The lowest BCUT2D eigenvalue weighted by Gasteiger charge is -2.35. The molecule has 32 heavy (non-hydrogen) atoms. The Balaban J connectivity index is 1.46. The summed E-state index contributed by atoms with van der Waals surface area (Å²) in [5, 5.41) is 3.10. The van der Waals surface area contributed by atoms with Crippen molar-refractivity contribution in [3.05, 3.63) is 23.8 Å². The molecule has 1 aromatic carbocycles. The number of ether oxygens (including phenoxy) is 1. The fourth-order valence-corrected chi connectivity index (χ4v) is 4.42. The molecule has 2 aliphatic rings. The summed E-state index contributed by atoms with van der Waals surface area (Å²) in [6.45, 7) is 16.6. The highest BCUT2D eigenvalue weighted by molar-refractivity contribution is 5.92. The number of piperazine rings is 1. The summed E-state index contributed by atoms with van der Waals surface area (Å²) < 4.78 is 5.45. The largest absolute Gasteiger partial charge is 0.444 e. The van der Waals surface area contributed by atoms with Gasteiger partial charge in [0.2, 0.25) is 5.91 Å². The van der Waals surface area contributed by atoms with Crippen LogP contribution in [0.25, 0.3) is 0 Å². The topological polar surface area (TPSA) is 65.1 Å². The van der Waals surface area contributed by atoms with Crippen LogP contribution in [-0.4, -0.2) is 73.2 Å². The summed E-state index contributed by atoms with van der Waals surface area (Å²) in [6, 6.07) is 6.32. The highest BCUT2D eigenvalue weighted by atomic mass is 16.6. The number of nitrogens with zero attached hydrogens (tertiary/aromatic N) is 3. The molecule has 1 aromatic rings. The quantitative estimate of drug-likeness (QED) is 0.740. The normalized spacial score (nSPS) is 18.5. The fourth-order valence-electron chi connectivity index (χ4n) is 4.42. The van der Waals surface area contributed by atoms with Gasteiger partial charge in [0, 0.05) is 57.1 Å². The smallest absolute Gasteiger partial charge is 0.410 e.